The van der Waals surface area contributed by atoms with Crippen LogP contribution in [0.25, 0.3) is 0 Å². The molecule has 0 amide bonds. The molecule has 0 saturated carbocycles. The average molecular weight is 296 g/mol. The van der Waals surface area contributed by atoms with Gasteiger partial charge in [-0.15, -0.1) is 0 Å². The third kappa shape index (κ3) is 3.86. The van der Waals surface area contributed by atoms with Gasteiger partial charge in [-0.1, -0.05) is 6.92 Å². The van der Waals surface area contributed by atoms with Crippen LogP contribution in [-0.4, -0.2) is 54.3 Å². The van der Waals surface area contributed by atoms with Gasteiger partial charge in [-0.2, -0.15) is 0 Å². The van der Waals surface area contributed by atoms with Crippen LogP contribution in [0.15, 0.2) is 18.2 Å². The lowest BCUT2D eigenvalue weighted by Crippen LogP contribution is -2.51. The second-order valence-corrected chi connectivity index (χ2v) is 5.54. The van der Waals surface area contributed by atoms with Crippen LogP contribution in [0.4, 0.5) is 8.78 Å². The molecule has 2 rings (SSSR count). The van der Waals surface area contributed by atoms with Crippen LogP contribution in [0.5, 0.6) is 0 Å². The second kappa shape index (κ2) is 7.09. The molecule has 0 radical (unpaired) electrons. The molecule has 0 bridgehead atoms. The topological polar surface area (TPSA) is 23.6 Å². The third-order valence-corrected chi connectivity index (χ3v) is 4.07. The van der Waals surface area contributed by atoms with E-state index in [0.29, 0.717) is 0 Å². The second-order valence-electron chi connectivity index (χ2n) is 5.54. The molecule has 1 aromatic carbocycles. The maximum absolute atomic E-state index is 13.7. The Kier molecular flexibility index (Phi) is 5.42. The number of nitrogens with zero attached hydrogens (tertiary/aromatic N) is 2. The molecule has 3 nitrogen and oxygen atoms in total. The van der Waals surface area contributed by atoms with Crippen LogP contribution < -0.4 is 0 Å². The monoisotopic (exact) mass is 296 g/mol. The van der Waals surface area contributed by atoms with Gasteiger partial charge in [0.25, 0.3) is 0 Å². The van der Waals surface area contributed by atoms with Crippen molar-refractivity contribution in [3.05, 3.63) is 35.4 Å². The summed E-state index contributed by atoms with van der Waals surface area (Å²) in [4.78, 5) is 16.8. The van der Waals surface area contributed by atoms with E-state index in [1.54, 1.807) is 6.92 Å². The van der Waals surface area contributed by atoms with E-state index in [2.05, 4.69) is 16.7 Å². The summed E-state index contributed by atoms with van der Waals surface area (Å²) >= 11 is 0. The lowest BCUT2D eigenvalue weighted by atomic mass is 10.0. The van der Waals surface area contributed by atoms with Crippen LogP contribution in [-0.2, 0) is 0 Å². The van der Waals surface area contributed by atoms with Gasteiger partial charge in [-0.05, 0) is 32.0 Å². The first-order valence-electron chi connectivity index (χ1n) is 7.48. The molecule has 1 aliphatic rings. The summed E-state index contributed by atoms with van der Waals surface area (Å²) in [5.41, 5.74) is -0.0279. The predicted molar refractivity (Wildman–Crippen MR) is 78.5 cm³/mol. The molecule has 0 N–H and O–H groups in total. The summed E-state index contributed by atoms with van der Waals surface area (Å²) in [6.45, 7) is 8.47. The number of rotatable bonds is 5. The Bertz CT molecular complexity index is 499. The van der Waals surface area contributed by atoms with Gasteiger partial charge in [0.05, 0.1) is 11.6 Å². The Balaban J connectivity index is 2.00. The molecule has 1 unspecified atom stereocenters. The van der Waals surface area contributed by atoms with Gasteiger partial charge in [0.15, 0.2) is 5.78 Å². The summed E-state index contributed by atoms with van der Waals surface area (Å²) in [6.07, 6.45) is 1.12. The molecule has 1 aliphatic heterocycles. The molecule has 0 aromatic heterocycles. The van der Waals surface area contributed by atoms with Crippen molar-refractivity contribution in [3.63, 3.8) is 0 Å². The molecule has 21 heavy (non-hydrogen) atoms. The number of ketones is 1. The normalized spacial score (nSPS) is 18.7. The van der Waals surface area contributed by atoms with Gasteiger partial charge < -0.3 is 4.90 Å². The maximum Gasteiger partial charge on any atom is 0.182 e. The first kappa shape index (κ1) is 16.0. The van der Waals surface area contributed by atoms with E-state index in [9.17, 15) is 13.6 Å². The minimum atomic E-state index is -0.781. The van der Waals surface area contributed by atoms with Crippen molar-refractivity contribution in [2.45, 2.75) is 26.3 Å². The van der Waals surface area contributed by atoms with E-state index in [1.807, 2.05) is 0 Å². The predicted octanol–water partition coefficient (Wildman–Crippen LogP) is 2.56. The first-order chi connectivity index (χ1) is 10.0. The Morgan fingerprint density at radius 1 is 1.24 bits per heavy atom. The van der Waals surface area contributed by atoms with Crippen molar-refractivity contribution >= 4 is 5.78 Å². The Morgan fingerprint density at radius 3 is 2.48 bits per heavy atom. The summed E-state index contributed by atoms with van der Waals surface area (Å²) in [5.74, 6) is -1.72. The highest BCUT2D eigenvalue weighted by Gasteiger charge is 2.27. The zero-order valence-corrected chi connectivity index (χ0v) is 12.6. The number of Topliss-reactive ketones (excluding diaryl/α,β-unsaturated/α-hetero) is 1. The van der Waals surface area contributed by atoms with Gasteiger partial charge in [0.1, 0.15) is 11.6 Å². The van der Waals surface area contributed by atoms with Crippen molar-refractivity contribution in [2.75, 3.05) is 32.7 Å². The van der Waals surface area contributed by atoms with E-state index in [1.165, 1.54) is 6.07 Å². The fourth-order valence-corrected chi connectivity index (χ4v) is 2.77. The minimum absolute atomic E-state index is 0.0279. The maximum atomic E-state index is 13.7. The third-order valence-electron chi connectivity index (χ3n) is 4.07. The highest BCUT2D eigenvalue weighted by Crippen LogP contribution is 2.16. The van der Waals surface area contributed by atoms with Crippen LogP contribution in [0.3, 0.4) is 0 Å². The summed E-state index contributed by atoms with van der Waals surface area (Å²) in [6, 6.07) is 2.74. The molecule has 1 fully saturated rings. The Hall–Kier alpha value is -1.33. The number of halogens is 2. The molecule has 0 aliphatic carbocycles. The molecule has 1 atom stereocenters. The van der Waals surface area contributed by atoms with E-state index in [0.717, 1.165) is 51.3 Å². The summed E-state index contributed by atoms with van der Waals surface area (Å²) < 4.78 is 26.6. The van der Waals surface area contributed by atoms with Gasteiger partial charge in [0, 0.05) is 32.2 Å². The van der Waals surface area contributed by atoms with Gasteiger partial charge in [-0.3, -0.25) is 9.69 Å². The Morgan fingerprint density at radius 2 is 1.90 bits per heavy atom. The largest absolute Gasteiger partial charge is 0.301 e. The zero-order valence-electron chi connectivity index (χ0n) is 12.6. The van der Waals surface area contributed by atoms with E-state index in [-0.39, 0.29) is 17.4 Å². The molecule has 1 aromatic rings. The smallest absolute Gasteiger partial charge is 0.182 e. The zero-order chi connectivity index (χ0) is 15.4. The van der Waals surface area contributed by atoms with Crippen molar-refractivity contribution in [3.8, 4) is 0 Å². The minimum Gasteiger partial charge on any atom is -0.301 e. The van der Waals surface area contributed by atoms with Crippen LogP contribution in [0, 0.1) is 11.6 Å². The van der Waals surface area contributed by atoms with Crippen LogP contribution in [0.1, 0.15) is 30.6 Å². The number of carbonyl (C=O) groups excluding carboxylic acids is 1. The number of hydrogen-bond acceptors (Lipinski definition) is 3. The van der Waals surface area contributed by atoms with Gasteiger partial charge in [-0.25, -0.2) is 8.78 Å². The number of piperazine rings is 1. The van der Waals surface area contributed by atoms with E-state index < -0.39 is 11.6 Å². The van der Waals surface area contributed by atoms with Crippen LogP contribution >= 0.6 is 0 Å². The molecule has 0 spiro atoms. The van der Waals surface area contributed by atoms with Crippen molar-refractivity contribution in [2.24, 2.45) is 0 Å². The molecule has 1 saturated heterocycles. The molecular weight excluding hydrogens is 274 g/mol. The lowest BCUT2D eigenvalue weighted by Gasteiger charge is -2.37. The van der Waals surface area contributed by atoms with E-state index >= 15 is 0 Å². The quantitative estimate of drug-likeness (QED) is 0.780. The molecular formula is C16H22F2N2O. The number of hydrogen-bond donors (Lipinski definition) is 0. The number of benzene rings is 1. The molecule has 5 heteroatoms. The van der Waals surface area contributed by atoms with Gasteiger partial charge >= 0.3 is 0 Å². The SMILES string of the molecule is CCCN1CCN(C(C)C(=O)c2ccc(F)cc2F)CC1. The fourth-order valence-electron chi connectivity index (χ4n) is 2.77. The number of carbonyl (C=O) groups is 1. The Labute approximate surface area is 124 Å². The average Bonchev–Trinajstić information content (AvgIpc) is 2.47. The van der Waals surface area contributed by atoms with Crippen molar-refractivity contribution in [1.29, 1.82) is 0 Å². The molecule has 116 valence electrons. The lowest BCUT2D eigenvalue weighted by molar-refractivity contribution is 0.0697. The van der Waals surface area contributed by atoms with Crippen molar-refractivity contribution < 1.29 is 13.6 Å². The van der Waals surface area contributed by atoms with Crippen LogP contribution in [0.2, 0.25) is 0 Å². The standard InChI is InChI=1S/C16H22F2N2O/c1-3-6-19-7-9-20(10-8-19)12(2)16(21)14-5-4-13(17)11-15(14)18/h4-5,11-12H,3,6-10H2,1-2H3. The van der Waals surface area contributed by atoms with E-state index in [4.69, 9.17) is 0 Å². The fraction of sp³-hybridized carbons (Fsp3) is 0.562. The summed E-state index contributed by atoms with van der Waals surface area (Å²) in [5, 5.41) is 0. The van der Waals surface area contributed by atoms with Gasteiger partial charge in [0.2, 0.25) is 0 Å². The highest BCUT2D eigenvalue weighted by molar-refractivity contribution is 6.00. The summed E-state index contributed by atoms with van der Waals surface area (Å²) in [7, 11) is 0. The highest BCUT2D eigenvalue weighted by atomic mass is 19.1. The van der Waals surface area contributed by atoms with Crippen molar-refractivity contribution in [1.82, 2.24) is 9.80 Å². The molecule has 1 heterocycles. The first-order valence-corrected chi connectivity index (χ1v) is 7.48.